The number of aliphatic hydroxyl groups excluding tert-OH is 2. The van der Waals surface area contributed by atoms with E-state index >= 15 is 0 Å². The molecular formula is C27H33FN8O3. The lowest BCUT2D eigenvalue weighted by molar-refractivity contribution is -0.154. The molecule has 1 fully saturated rings. The van der Waals surface area contributed by atoms with Crippen LogP contribution in [0.2, 0.25) is 0 Å². The Morgan fingerprint density at radius 1 is 1.05 bits per heavy atom. The first-order chi connectivity index (χ1) is 19.0. The lowest BCUT2D eigenvalue weighted by Gasteiger charge is -2.38. The standard InChI is InChI=1S/C27H33FN8O3/c1-2-30-21-8-6-18(7-9-21)23-15-35(33-31-23)11-10-29-14-22-13-25(27(38)26(17-37)39-22)36-16-24(32-34-36)19-4-3-5-20(28)12-19/h3-9,12,15-16,22,25-27,29-30,37-38H,2,10-11,13-14,17H2,1H3. The van der Waals surface area contributed by atoms with E-state index in [2.05, 4.69) is 38.2 Å². The van der Waals surface area contributed by atoms with Crippen LogP contribution in [0.25, 0.3) is 22.5 Å². The first kappa shape index (κ1) is 26.9. The largest absolute Gasteiger partial charge is 0.394 e. The van der Waals surface area contributed by atoms with Crippen molar-refractivity contribution in [3.8, 4) is 22.5 Å². The molecule has 4 N–H and O–H groups in total. The maximum absolute atomic E-state index is 13.6. The van der Waals surface area contributed by atoms with Gasteiger partial charge in [0.05, 0.1) is 37.7 Å². The van der Waals surface area contributed by atoms with Crippen molar-refractivity contribution in [2.45, 2.75) is 44.2 Å². The summed E-state index contributed by atoms with van der Waals surface area (Å²) in [6, 6.07) is 13.7. The fourth-order valence-electron chi connectivity index (χ4n) is 4.77. The first-order valence-electron chi connectivity index (χ1n) is 13.1. The van der Waals surface area contributed by atoms with Gasteiger partial charge in [0.1, 0.15) is 29.4 Å². The van der Waals surface area contributed by atoms with Crippen molar-refractivity contribution in [2.75, 3.05) is 31.6 Å². The lowest BCUT2D eigenvalue weighted by atomic mass is 9.95. The molecule has 2 aromatic carbocycles. The molecule has 39 heavy (non-hydrogen) atoms. The minimum atomic E-state index is -0.964. The summed E-state index contributed by atoms with van der Waals surface area (Å²) in [5, 5.41) is 44.1. The highest BCUT2D eigenvalue weighted by Gasteiger charge is 2.39. The third-order valence-corrected chi connectivity index (χ3v) is 6.79. The fourth-order valence-corrected chi connectivity index (χ4v) is 4.77. The van der Waals surface area contributed by atoms with Crippen molar-refractivity contribution >= 4 is 5.69 Å². The van der Waals surface area contributed by atoms with Crippen LogP contribution in [-0.2, 0) is 11.3 Å². The highest BCUT2D eigenvalue weighted by atomic mass is 19.1. The van der Waals surface area contributed by atoms with Crippen LogP contribution >= 0.6 is 0 Å². The molecule has 0 amide bonds. The van der Waals surface area contributed by atoms with E-state index in [1.54, 1.807) is 27.7 Å². The molecule has 0 saturated carbocycles. The van der Waals surface area contributed by atoms with E-state index in [9.17, 15) is 14.6 Å². The van der Waals surface area contributed by atoms with Crippen molar-refractivity contribution in [1.82, 2.24) is 35.3 Å². The van der Waals surface area contributed by atoms with Crippen LogP contribution in [-0.4, -0.2) is 84.8 Å². The summed E-state index contributed by atoms with van der Waals surface area (Å²) in [4.78, 5) is 0. The molecule has 4 atom stereocenters. The fraction of sp³-hybridized carbons (Fsp3) is 0.407. The van der Waals surface area contributed by atoms with E-state index in [0.717, 1.165) is 23.5 Å². The number of rotatable bonds is 11. The molecule has 5 rings (SSSR count). The molecule has 0 spiro atoms. The second kappa shape index (κ2) is 12.4. The Bertz CT molecular complexity index is 1340. The zero-order valence-electron chi connectivity index (χ0n) is 21.7. The minimum absolute atomic E-state index is 0.265. The predicted molar refractivity (Wildman–Crippen MR) is 143 cm³/mol. The molecule has 4 aromatic rings. The van der Waals surface area contributed by atoms with Crippen molar-refractivity contribution in [3.63, 3.8) is 0 Å². The van der Waals surface area contributed by atoms with Crippen molar-refractivity contribution in [3.05, 3.63) is 66.7 Å². The number of ether oxygens (including phenoxy) is 1. The van der Waals surface area contributed by atoms with E-state index in [1.807, 2.05) is 30.5 Å². The summed E-state index contributed by atoms with van der Waals surface area (Å²) in [5.41, 5.74) is 3.98. The van der Waals surface area contributed by atoms with Crippen LogP contribution in [0.3, 0.4) is 0 Å². The van der Waals surface area contributed by atoms with Gasteiger partial charge < -0.3 is 25.6 Å². The van der Waals surface area contributed by atoms with Crippen molar-refractivity contribution in [2.24, 2.45) is 0 Å². The number of nitrogens with one attached hydrogen (secondary N) is 2. The Kier molecular flexibility index (Phi) is 8.57. The molecule has 12 heteroatoms. The van der Waals surface area contributed by atoms with Crippen molar-refractivity contribution < 1.29 is 19.3 Å². The van der Waals surface area contributed by atoms with Crippen LogP contribution in [0.5, 0.6) is 0 Å². The summed E-state index contributed by atoms with van der Waals surface area (Å²) < 4.78 is 22.9. The van der Waals surface area contributed by atoms with Crippen molar-refractivity contribution in [1.29, 1.82) is 0 Å². The van der Waals surface area contributed by atoms with Gasteiger partial charge in [0.15, 0.2) is 0 Å². The molecule has 11 nitrogen and oxygen atoms in total. The molecule has 1 saturated heterocycles. The number of benzene rings is 2. The number of hydrogen-bond donors (Lipinski definition) is 4. The first-order valence-corrected chi connectivity index (χ1v) is 13.1. The van der Waals surface area contributed by atoms with Gasteiger partial charge in [-0.05, 0) is 37.6 Å². The van der Waals surface area contributed by atoms with Gasteiger partial charge in [-0.15, -0.1) is 10.2 Å². The van der Waals surface area contributed by atoms with Gasteiger partial charge >= 0.3 is 0 Å². The Morgan fingerprint density at radius 2 is 1.85 bits per heavy atom. The molecule has 1 aliphatic rings. The van der Waals surface area contributed by atoms with Gasteiger partial charge in [-0.25, -0.2) is 9.07 Å². The van der Waals surface area contributed by atoms with Gasteiger partial charge in [-0.3, -0.25) is 4.68 Å². The summed E-state index contributed by atoms with van der Waals surface area (Å²) in [7, 11) is 0. The van der Waals surface area contributed by atoms with Crippen LogP contribution in [0, 0.1) is 5.82 Å². The Morgan fingerprint density at radius 3 is 2.62 bits per heavy atom. The molecular weight excluding hydrogens is 503 g/mol. The third kappa shape index (κ3) is 6.48. The topological polar surface area (TPSA) is 135 Å². The van der Waals surface area contributed by atoms with Crippen LogP contribution in [0.4, 0.5) is 10.1 Å². The number of aromatic nitrogens is 6. The maximum Gasteiger partial charge on any atom is 0.123 e. The summed E-state index contributed by atoms with van der Waals surface area (Å²) in [6.07, 6.45) is 2.08. The second-order valence-corrected chi connectivity index (χ2v) is 9.55. The molecule has 1 aliphatic heterocycles. The normalized spacial score (nSPS) is 21.2. The predicted octanol–water partition coefficient (Wildman–Crippen LogP) is 2.12. The number of aliphatic hydroxyl groups is 2. The number of halogens is 1. The summed E-state index contributed by atoms with van der Waals surface area (Å²) in [6.45, 7) is 4.36. The lowest BCUT2D eigenvalue weighted by Crippen LogP contribution is -2.50. The molecule has 3 heterocycles. The molecule has 2 aromatic heterocycles. The highest BCUT2D eigenvalue weighted by molar-refractivity contribution is 5.61. The second-order valence-electron chi connectivity index (χ2n) is 9.55. The van der Waals surface area contributed by atoms with Crippen LogP contribution < -0.4 is 10.6 Å². The molecule has 0 aliphatic carbocycles. The molecule has 0 radical (unpaired) electrons. The summed E-state index contributed by atoms with van der Waals surface area (Å²) in [5.74, 6) is -0.361. The van der Waals surface area contributed by atoms with E-state index in [4.69, 9.17) is 4.74 Å². The Balaban J connectivity index is 1.15. The smallest absolute Gasteiger partial charge is 0.123 e. The van der Waals surface area contributed by atoms with Crippen LogP contribution in [0.1, 0.15) is 19.4 Å². The van der Waals surface area contributed by atoms with E-state index in [1.165, 1.54) is 12.1 Å². The molecule has 206 valence electrons. The van der Waals surface area contributed by atoms with Gasteiger partial charge in [0.2, 0.25) is 0 Å². The minimum Gasteiger partial charge on any atom is -0.394 e. The van der Waals surface area contributed by atoms with E-state index < -0.39 is 18.2 Å². The monoisotopic (exact) mass is 536 g/mol. The molecule has 0 bridgehead atoms. The Hall–Kier alpha value is -3.71. The summed E-state index contributed by atoms with van der Waals surface area (Å²) >= 11 is 0. The number of hydrogen-bond acceptors (Lipinski definition) is 9. The maximum atomic E-state index is 13.6. The van der Waals surface area contributed by atoms with E-state index in [0.29, 0.717) is 37.3 Å². The van der Waals surface area contributed by atoms with E-state index in [-0.39, 0.29) is 18.5 Å². The highest BCUT2D eigenvalue weighted by Crippen LogP contribution is 2.30. The van der Waals surface area contributed by atoms with Gasteiger partial charge in [0.25, 0.3) is 0 Å². The van der Waals surface area contributed by atoms with Crippen LogP contribution in [0.15, 0.2) is 60.9 Å². The quantitative estimate of drug-likeness (QED) is 0.213. The number of nitrogens with zero attached hydrogens (tertiary/aromatic N) is 6. The third-order valence-electron chi connectivity index (χ3n) is 6.79. The average Bonchev–Trinajstić information content (AvgIpc) is 3.63. The average molecular weight is 537 g/mol. The SMILES string of the molecule is CCNc1ccc(-c2cn(CCNCC3CC(n4cc(-c5cccc(F)c5)nn4)C(O)C(CO)O3)nn2)cc1. The molecule has 4 unspecified atom stereocenters. The van der Waals surface area contributed by atoms with Gasteiger partial charge in [-0.1, -0.05) is 34.7 Å². The zero-order chi connectivity index (χ0) is 27.2. The van der Waals surface area contributed by atoms with Gasteiger partial charge in [0, 0.05) is 36.4 Å². The van der Waals surface area contributed by atoms with Gasteiger partial charge in [-0.2, -0.15) is 0 Å². The Labute approximate surface area is 225 Å². The zero-order valence-corrected chi connectivity index (χ0v) is 21.7. The number of anilines is 1.